The lowest BCUT2D eigenvalue weighted by molar-refractivity contribution is -0.913. The molecule has 0 saturated carbocycles. The summed E-state index contributed by atoms with van der Waals surface area (Å²) in [5.41, 5.74) is 0.106. The molecule has 0 saturated heterocycles. The zero-order valence-electron chi connectivity index (χ0n) is 9.50. The zero-order chi connectivity index (χ0) is 10.1. The Balaban J connectivity index is 0.00000169. The summed E-state index contributed by atoms with van der Waals surface area (Å²) >= 11 is 0. The lowest BCUT2D eigenvalue weighted by atomic mass is 10.1. The summed E-state index contributed by atoms with van der Waals surface area (Å²) in [5.74, 6) is 0. The van der Waals surface area contributed by atoms with Crippen LogP contribution in [0.5, 0.6) is 0 Å². The van der Waals surface area contributed by atoms with Crippen molar-refractivity contribution in [3.8, 4) is 0 Å². The Kier molecular flexibility index (Phi) is 4.62. The van der Waals surface area contributed by atoms with E-state index in [4.69, 9.17) is 5.11 Å². The first-order chi connectivity index (χ1) is 5.94. The molecule has 84 valence electrons. The van der Waals surface area contributed by atoms with E-state index in [2.05, 4.69) is 45.2 Å². The van der Waals surface area contributed by atoms with Crippen molar-refractivity contribution >= 4 is 0 Å². The number of quaternary nitrogens is 1. The monoisotopic (exact) mass is 264 g/mol. The van der Waals surface area contributed by atoms with Crippen molar-refractivity contribution in [2.75, 3.05) is 27.2 Å². The topological polar surface area (TPSA) is 23.5 Å². The van der Waals surface area contributed by atoms with Crippen LogP contribution in [0.25, 0.3) is 0 Å². The van der Waals surface area contributed by atoms with Crippen LogP contribution in [0.4, 0.5) is 0 Å². The van der Waals surface area contributed by atoms with Gasteiger partial charge in [0.1, 0.15) is 6.20 Å². The van der Waals surface area contributed by atoms with E-state index in [1.807, 2.05) is 0 Å². The molecule has 4 heteroatoms. The van der Waals surface area contributed by atoms with Crippen LogP contribution in [0.15, 0.2) is 12.4 Å². The SMILES string of the molecule is CN1C=C[N+](C)(CCCO)C1(C)C.[Br-]. The second-order valence-corrected chi connectivity index (χ2v) is 4.47. The van der Waals surface area contributed by atoms with Crippen molar-refractivity contribution in [1.82, 2.24) is 4.90 Å². The largest absolute Gasteiger partial charge is 1.00 e. The molecule has 0 amide bonds. The maximum atomic E-state index is 8.83. The number of aliphatic hydroxyl groups excluding tert-OH is 1. The molecule has 1 aliphatic heterocycles. The molecule has 1 atom stereocenters. The summed E-state index contributed by atoms with van der Waals surface area (Å²) in [5, 5.41) is 8.83. The third-order valence-corrected chi connectivity index (χ3v) is 3.51. The molecule has 1 rings (SSSR count). The molecular weight excluding hydrogens is 244 g/mol. The van der Waals surface area contributed by atoms with Gasteiger partial charge in [-0.15, -0.1) is 0 Å². The summed E-state index contributed by atoms with van der Waals surface area (Å²) in [6.07, 6.45) is 5.19. The van der Waals surface area contributed by atoms with E-state index in [9.17, 15) is 0 Å². The Hall–Kier alpha value is -0.0600. The average molecular weight is 265 g/mol. The fraction of sp³-hybridized carbons (Fsp3) is 0.800. The van der Waals surface area contributed by atoms with Crippen LogP contribution in [0, 0.1) is 0 Å². The van der Waals surface area contributed by atoms with Crippen molar-refractivity contribution in [2.45, 2.75) is 25.9 Å². The van der Waals surface area contributed by atoms with E-state index in [0.29, 0.717) is 0 Å². The second kappa shape index (κ2) is 4.64. The Bertz CT molecular complexity index is 218. The standard InChI is InChI=1S/C10H21N2O.BrH/c1-10(2)11(3)6-8-12(10,4)7-5-9-13;/h6,8,13H,5,7,9H2,1-4H3;1H/q+1;/p-1. The quantitative estimate of drug-likeness (QED) is 0.595. The van der Waals surface area contributed by atoms with Crippen molar-refractivity contribution in [2.24, 2.45) is 0 Å². The normalized spacial score (nSPS) is 29.1. The third kappa shape index (κ3) is 2.12. The van der Waals surface area contributed by atoms with E-state index in [1.54, 1.807) is 0 Å². The number of halogens is 1. The maximum absolute atomic E-state index is 8.83. The molecule has 1 unspecified atom stereocenters. The van der Waals surface area contributed by atoms with Gasteiger partial charge < -0.3 is 27.0 Å². The second-order valence-electron chi connectivity index (χ2n) is 4.47. The molecular formula is C10H21BrN2O. The lowest BCUT2D eigenvalue weighted by Crippen LogP contribution is -3.00. The highest BCUT2D eigenvalue weighted by Crippen LogP contribution is 2.32. The molecule has 0 aromatic carbocycles. The number of hydrogen-bond donors (Lipinski definition) is 1. The third-order valence-electron chi connectivity index (χ3n) is 3.51. The van der Waals surface area contributed by atoms with Gasteiger partial charge in [-0.1, -0.05) is 0 Å². The minimum atomic E-state index is 0. The fourth-order valence-electron chi connectivity index (χ4n) is 1.72. The van der Waals surface area contributed by atoms with Crippen molar-refractivity contribution < 1.29 is 26.6 Å². The number of aliphatic hydroxyl groups is 1. The maximum Gasteiger partial charge on any atom is 0.172 e. The molecule has 1 aliphatic rings. The smallest absolute Gasteiger partial charge is 0.172 e. The molecule has 0 aliphatic carbocycles. The van der Waals surface area contributed by atoms with Gasteiger partial charge in [-0.25, -0.2) is 0 Å². The van der Waals surface area contributed by atoms with Gasteiger partial charge in [-0.3, -0.25) is 4.48 Å². The van der Waals surface area contributed by atoms with E-state index in [1.165, 1.54) is 0 Å². The van der Waals surface area contributed by atoms with Gasteiger partial charge >= 0.3 is 0 Å². The van der Waals surface area contributed by atoms with Crippen LogP contribution in [0.2, 0.25) is 0 Å². The van der Waals surface area contributed by atoms with E-state index in [0.717, 1.165) is 17.4 Å². The Labute approximate surface area is 97.4 Å². The first kappa shape index (κ1) is 13.9. The average Bonchev–Trinajstić information content (AvgIpc) is 2.27. The van der Waals surface area contributed by atoms with Crippen LogP contribution in [0.1, 0.15) is 20.3 Å². The van der Waals surface area contributed by atoms with Gasteiger partial charge in [0, 0.05) is 33.9 Å². The van der Waals surface area contributed by atoms with Crippen LogP contribution in [-0.2, 0) is 0 Å². The molecule has 1 N–H and O–H groups in total. The molecule has 0 aromatic heterocycles. The molecule has 0 spiro atoms. The molecule has 0 bridgehead atoms. The number of hydrogen-bond acceptors (Lipinski definition) is 2. The summed E-state index contributed by atoms with van der Waals surface area (Å²) < 4.78 is 0.879. The van der Waals surface area contributed by atoms with Gasteiger partial charge in [0.05, 0.1) is 19.8 Å². The predicted molar refractivity (Wildman–Crippen MR) is 53.7 cm³/mol. The van der Waals surface area contributed by atoms with Crippen LogP contribution < -0.4 is 17.0 Å². The lowest BCUT2D eigenvalue weighted by Gasteiger charge is -2.43. The highest BCUT2D eigenvalue weighted by Gasteiger charge is 2.44. The van der Waals surface area contributed by atoms with Gasteiger partial charge in [-0.2, -0.15) is 0 Å². The Morgan fingerprint density at radius 2 is 2.00 bits per heavy atom. The first-order valence-corrected chi connectivity index (χ1v) is 4.82. The number of nitrogens with zero attached hydrogens (tertiary/aromatic N) is 2. The Morgan fingerprint density at radius 3 is 2.36 bits per heavy atom. The van der Waals surface area contributed by atoms with Crippen LogP contribution in [-0.4, -0.2) is 47.4 Å². The molecule has 0 fully saturated rings. The summed E-state index contributed by atoms with van der Waals surface area (Å²) in [4.78, 5) is 2.23. The van der Waals surface area contributed by atoms with Crippen molar-refractivity contribution in [3.63, 3.8) is 0 Å². The summed E-state index contributed by atoms with van der Waals surface area (Å²) in [6.45, 7) is 5.72. The van der Waals surface area contributed by atoms with Crippen LogP contribution in [0.3, 0.4) is 0 Å². The van der Waals surface area contributed by atoms with Gasteiger partial charge in [-0.05, 0) is 0 Å². The fourth-order valence-corrected chi connectivity index (χ4v) is 1.72. The van der Waals surface area contributed by atoms with Gasteiger partial charge in [0.25, 0.3) is 0 Å². The first-order valence-electron chi connectivity index (χ1n) is 4.82. The molecule has 3 nitrogen and oxygen atoms in total. The highest BCUT2D eigenvalue weighted by molar-refractivity contribution is 4.90. The molecule has 0 aromatic rings. The summed E-state index contributed by atoms with van der Waals surface area (Å²) in [7, 11) is 4.30. The van der Waals surface area contributed by atoms with E-state index >= 15 is 0 Å². The summed E-state index contributed by atoms with van der Waals surface area (Å²) in [6, 6.07) is 0. The predicted octanol–water partition coefficient (Wildman–Crippen LogP) is -2.03. The molecule has 1 heterocycles. The molecule has 0 radical (unpaired) electrons. The van der Waals surface area contributed by atoms with Crippen LogP contribution >= 0.6 is 0 Å². The Morgan fingerprint density at radius 1 is 1.43 bits per heavy atom. The van der Waals surface area contributed by atoms with Gasteiger partial charge in [0.2, 0.25) is 0 Å². The van der Waals surface area contributed by atoms with E-state index < -0.39 is 0 Å². The minimum absolute atomic E-state index is 0. The van der Waals surface area contributed by atoms with Crippen molar-refractivity contribution in [1.29, 1.82) is 0 Å². The van der Waals surface area contributed by atoms with Crippen molar-refractivity contribution in [3.05, 3.63) is 12.4 Å². The number of rotatable bonds is 3. The minimum Gasteiger partial charge on any atom is -1.00 e. The molecule has 14 heavy (non-hydrogen) atoms. The van der Waals surface area contributed by atoms with Gasteiger partial charge in [0.15, 0.2) is 5.66 Å². The van der Waals surface area contributed by atoms with E-state index in [-0.39, 0.29) is 29.3 Å². The zero-order valence-corrected chi connectivity index (χ0v) is 11.1. The highest BCUT2D eigenvalue weighted by atomic mass is 79.9.